The molecule has 1 heterocycles. The van der Waals surface area contributed by atoms with Gasteiger partial charge in [-0.15, -0.1) is 0 Å². The Kier molecular flexibility index (Phi) is 3.44. The molecule has 1 aromatic rings. The molecule has 1 saturated heterocycles. The number of rotatable bonds is 4. The van der Waals surface area contributed by atoms with Crippen LogP contribution in [0.3, 0.4) is 0 Å². The first-order chi connectivity index (χ1) is 7.81. The number of hydrogen-bond acceptors (Lipinski definition) is 2. The van der Waals surface area contributed by atoms with Gasteiger partial charge < -0.3 is 9.80 Å². The van der Waals surface area contributed by atoms with Crippen molar-refractivity contribution >= 4 is 11.6 Å². The zero-order valence-electron chi connectivity index (χ0n) is 9.72. The Bertz CT molecular complexity index is 346. The van der Waals surface area contributed by atoms with Crippen LogP contribution in [0.2, 0.25) is 0 Å². The van der Waals surface area contributed by atoms with Gasteiger partial charge in [0.25, 0.3) is 0 Å². The van der Waals surface area contributed by atoms with Gasteiger partial charge in [0.1, 0.15) is 0 Å². The lowest BCUT2D eigenvalue weighted by atomic mass is 10.2. The topological polar surface area (TPSA) is 23.6 Å². The minimum Gasteiger partial charge on any atom is -0.362 e. The van der Waals surface area contributed by atoms with Crippen molar-refractivity contribution in [2.45, 2.75) is 13.3 Å². The van der Waals surface area contributed by atoms with Crippen molar-refractivity contribution in [3.05, 3.63) is 30.3 Å². The lowest BCUT2D eigenvalue weighted by molar-refractivity contribution is -0.133. The number of likely N-dealkylation sites (tertiary alicyclic amines) is 1. The molecular formula is C13H18N2O. The first kappa shape index (κ1) is 11.0. The molecule has 3 heteroatoms. The maximum atomic E-state index is 11.9. The molecule has 0 aromatic heterocycles. The second-order valence-electron chi connectivity index (χ2n) is 4.08. The summed E-state index contributed by atoms with van der Waals surface area (Å²) in [6.45, 7) is 5.32. The molecule has 1 aliphatic heterocycles. The van der Waals surface area contributed by atoms with E-state index in [9.17, 15) is 4.79 Å². The highest BCUT2D eigenvalue weighted by atomic mass is 16.2. The fourth-order valence-electron chi connectivity index (χ4n) is 1.85. The molecule has 1 amide bonds. The third-order valence-electron chi connectivity index (χ3n) is 3.04. The molecule has 86 valence electrons. The number of anilines is 1. The standard InChI is InChI=1S/C13H18N2O/c1-2-14(12-7-4-3-5-8-12)11-13(16)15-9-6-10-15/h3-5,7-8H,2,6,9-11H2,1H3. The Balaban J connectivity index is 1.97. The quantitative estimate of drug-likeness (QED) is 0.768. The van der Waals surface area contributed by atoms with Crippen LogP contribution in [0.25, 0.3) is 0 Å². The fourth-order valence-corrected chi connectivity index (χ4v) is 1.85. The van der Waals surface area contributed by atoms with Gasteiger partial charge in [-0.3, -0.25) is 4.79 Å². The van der Waals surface area contributed by atoms with Gasteiger partial charge in [-0.05, 0) is 25.5 Å². The zero-order valence-corrected chi connectivity index (χ0v) is 9.72. The molecule has 1 aliphatic rings. The highest BCUT2D eigenvalue weighted by Crippen LogP contribution is 2.14. The summed E-state index contributed by atoms with van der Waals surface area (Å²) in [5.41, 5.74) is 1.12. The van der Waals surface area contributed by atoms with Crippen LogP contribution in [0.4, 0.5) is 5.69 Å². The van der Waals surface area contributed by atoms with E-state index in [4.69, 9.17) is 0 Å². The molecule has 0 spiro atoms. The summed E-state index contributed by atoms with van der Waals surface area (Å²) in [6, 6.07) is 10.1. The molecule has 0 saturated carbocycles. The lowest BCUT2D eigenvalue weighted by Crippen LogP contribution is -2.47. The van der Waals surface area contributed by atoms with Crippen molar-refractivity contribution in [3.63, 3.8) is 0 Å². The zero-order chi connectivity index (χ0) is 11.4. The predicted octanol–water partition coefficient (Wildman–Crippen LogP) is 1.75. The van der Waals surface area contributed by atoms with Gasteiger partial charge in [0, 0.05) is 25.3 Å². The van der Waals surface area contributed by atoms with Gasteiger partial charge in [0.05, 0.1) is 6.54 Å². The van der Waals surface area contributed by atoms with Gasteiger partial charge >= 0.3 is 0 Å². The third-order valence-corrected chi connectivity index (χ3v) is 3.04. The van der Waals surface area contributed by atoms with E-state index in [-0.39, 0.29) is 5.91 Å². The molecule has 0 bridgehead atoms. The minimum absolute atomic E-state index is 0.247. The summed E-state index contributed by atoms with van der Waals surface area (Å²) in [6.07, 6.45) is 1.16. The number of likely N-dealkylation sites (N-methyl/N-ethyl adjacent to an activating group) is 1. The first-order valence-corrected chi connectivity index (χ1v) is 5.89. The largest absolute Gasteiger partial charge is 0.362 e. The number of para-hydroxylation sites is 1. The van der Waals surface area contributed by atoms with Crippen LogP contribution < -0.4 is 4.90 Å². The molecule has 0 aliphatic carbocycles. The summed E-state index contributed by atoms with van der Waals surface area (Å²) in [5.74, 6) is 0.247. The Morgan fingerprint density at radius 3 is 2.50 bits per heavy atom. The van der Waals surface area contributed by atoms with Crippen molar-refractivity contribution in [1.82, 2.24) is 4.90 Å². The van der Waals surface area contributed by atoms with Crippen LogP contribution in [0.15, 0.2) is 30.3 Å². The van der Waals surface area contributed by atoms with E-state index < -0.39 is 0 Å². The number of carbonyl (C=O) groups excluding carboxylic acids is 1. The summed E-state index contributed by atoms with van der Waals surface area (Å²) in [7, 11) is 0. The monoisotopic (exact) mass is 218 g/mol. The maximum absolute atomic E-state index is 11.9. The number of nitrogens with zero attached hydrogens (tertiary/aromatic N) is 2. The maximum Gasteiger partial charge on any atom is 0.242 e. The fraction of sp³-hybridized carbons (Fsp3) is 0.462. The minimum atomic E-state index is 0.247. The van der Waals surface area contributed by atoms with Crippen LogP contribution in [-0.4, -0.2) is 37.0 Å². The van der Waals surface area contributed by atoms with Crippen molar-refractivity contribution in [3.8, 4) is 0 Å². The Morgan fingerprint density at radius 1 is 1.31 bits per heavy atom. The molecule has 1 aromatic carbocycles. The second kappa shape index (κ2) is 5.01. The molecule has 0 N–H and O–H groups in total. The average Bonchev–Trinajstić information content (AvgIpc) is 2.24. The molecular weight excluding hydrogens is 200 g/mol. The molecule has 1 fully saturated rings. The van der Waals surface area contributed by atoms with Gasteiger partial charge in [-0.1, -0.05) is 18.2 Å². The number of carbonyl (C=O) groups is 1. The summed E-state index contributed by atoms with van der Waals surface area (Å²) in [5, 5.41) is 0. The SMILES string of the molecule is CCN(CC(=O)N1CCC1)c1ccccc1. The van der Waals surface area contributed by atoms with Crippen LogP contribution in [-0.2, 0) is 4.79 Å². The summed E-state index contributed by atoms with van der Waals surface area (Å²) < 4.78 is 0. The van der Waals surface area contributed by atoms with Crippen molar-refractivity contribution in [1.29, 1.82) is 0 Å². The Morgan fingerprint density at radius 2 is 2.00 bits per heavy atom. The van der Waals surface area contributed by atoms with Gasteiger partial charge in [0.15, 0.2) is 0 Å². The van der Waals surface area contributed by atoms with E-state index >= 15 is 0 Å². The molecule has 2 rings (SSSR count). The third kappa shape index (κ3) is 2.35. The van der Waals surface area contributed by atoms with E-state index in [1.807, 2.05) is 35.2 Å². The summed E-state index contributed by atoms with van der Waals surface area (Å²) in [4.78, 5) is 15.9. The molecule has 3 nitrogen and oxygen atoms in total. The van der Waals surface area contributed by atoms with Crippen LogP contribution >= 0.6 is 0 Å². The number of hydrogen-bond donors (Lipinski definition) is 0. The van der Waals surface area contributed by atoms with Gasteiger partial charge in [0.2, 0.25) is 5.91 Å². The molecule has 0 radical (unpaired) electrons. The van der Waals surface area contributed by atoms with Gasteiger partial charge in [-0.2, -0.15) is 0 Å². The van der Waals surface area contributed by atoms with Crippen LogP contribution in [0.1, 0.15) is 13.3 Å². The number of benzene rings is 1. The lowest BCUT2D eigenvalue weighted by Gasteiger charge is -2.33. The van der Waals surface area contributed by atoms with Crippen molar-refractivity contribution in [2.24, 2.45) is 0 Å². The van der Waals surface area contributed by atoms with E-state index in [2.05, 4.69) is 11.8 Å². The number of amides is 1. The van der Waals surface area contributed by atoms with E-state index in [0.29, 0.717) is 6.54 Å². The highest BCUT2D eigenvalue weighted by Gasteiger charge is 2.21. The van der Waals surface area contributed by atoms with Crippen molar-refractivity contribution in [2.75, 3.05) is 31.1 Å². The first-order valence-electron chi connectivity index (χ1n) is 5.89. The van der Waals surface area contributed by atoms with Crippen molar-refractivity contribution < 1.29 is 4.79 Å². The van der Waals surface area contributed by atoms with E-state index in [0.717, 1.165) is 31.7 Å². The normalized spacial score (nSPS) is 14.4. The molecule has 0 unspecified atom stereocenters. The van der Waals surface area contributed by atoms with E-state index in [1.54, 1.807) is 0 Å². The van der Waals surface area contributed by atoms with Gasteiger partial charge in [-0.25, -0.2) is 0 Å². The van der Waals surface area contributed by atoms with Crippen LogP contribution in [0.5, 0.6) is 0 Å². The molecule has 0 atom stereocenters. The smallest absolute Gasteiger partial charge is 0.242 e. The van der Waals surface area contributed by atoms with E-state index in [1.165, 1.54) is 0 Å². The average molecular weight is 218 g/mol. The molecule has 16 heavy (non-hydrogen) atoms. The second-order valence-corrected chi connectivity index (χ2v) is 4.08. The summed E-state index contributed by atoms with van der Waals surface area (Å²) >= 11 is 0. The Hall–Kier alpha value is -1.51. The highest BCUT2D eigenvalue weighted by molar-refractivity contribution is 5.82. The predicted molar refractivity (Wildman–Crippen MR) is 65.5 cm³/mol. The van der Waals surface area contributed by atoms with Crippen LogP contribution in [0, 0.1) is 0 Å². The Labute approximate surface area is 96.7 Å².